The molecule has 0 saturated carbocycles. The molecule has 0 aromatic heterocycles. The number of nitrogens with zero attached hydrogens (tertiary/aromatic N) is 3. The van der Waals surface area contributed by atoms with Crippen molar-refractivity contribution in [1.82, 2.24) is 9.80 Å². The van der Waals surface area contributed by atoms with E-state index in [1.54, 1.807) is 4.90 Å². The lowest BCUT2D eigenvalue weighted by Gasteiger charge is -2.20. The molecule has 1 heterocycles. The number of hydrogen-bond donors (Lipinski definition) is 1. The van der Waals surface area contributed by atoms with Gasteiger partial charge >= 0.3 is 0 Å². The van der Waals surface area contributed by atoms with Gasteiger partial charge in [-0.2, -0.15) is 0 Å². The quantitative estimate of drug-likeness (QED) is 0.413. The molecule has 0 aromatic rings. The molecule has 1 rings (SSSR count). The van der Waals surface area contributed by atoms with Gasteiger partial charge in [-0.05, 0) is 27.9 Å². The molecule has 6 heteroatoms. The Bertz CT molecular complexity index is 302. The molecule has 0 aliphatic carbocycles. The zero-order valence-corrected chi connectivity index (χ0v) is 11.0. The van der Waals surface area contributed by atoms with E-state index in [0.717, 1.165) is 6.54 Å². The van der Waals surface area contributed by atoms with Crippen molar-refractivity contribution in [3.8, 4) is 0 Å². The lowest BCUT2D eigenvalue weighted by molar-refractivity contribution is -0.138. The van der Waals surface area contributed by atoms with Gasteiger partial charge in [-0.3, -0.25) is 4.79 Å². The van der Waals surface area contributed by atoms with E-state index in [4.69, 9.17) is 10.6 Å². The fraction of sp³-hybridized carbons (Fsp3) is 0.818. The topological polar surface area (TPSA) is 71.2 Å². The van der Waals surface area contributed by atoms with E-state index in [9.17, 15) is 4.79 Å². The third kappa shape index (κ3) is 3.89. The summed E-state index contributed by atoms with van der Waals surface area (Å²) in [5.41, 5.74) is 5.65. The number of carbonyl (C=O) groups is 1. The number of carbonyl (C=O) groups excluding carboxylic acids is 1. The highest BCUT2D eigenvalue weighted by Gasteiger charge is 2.34. The second kappa shape index (κ2) is 5.86. The van der Waals surface area contributed by atoms with Crippen molar-refractivity contribution in [2.24, 2.45) is 10.9 Å². The Morgan fingerprint density at radius 3 is 2.76 bits per heavy atom. The van der Waals surface area contributed by atoms with Crippen LogP contribution in [-0.2, 0) is 9.63 Å². The van der Waals surface area contributed by atoms with Crippen molar-refractivity contribution in [3.05, 3.63) is 0 Å². The summed E-state index contributed by atoms with van der Waals surface area (Å²) in [5, 5.41) is 3.80. The van der Waals surface area contributed by atoms with Crippen molar-refractivity contribution in [2.75, 3.05) is 27.2 Å². The van der Waals surface area contributed by atoms with Gasteiger partial charge in [-0.15, -0.1) is 0 Å². The monoisotopic (exact) mass is 242 g/mol. The highest BCUT2D eigenvalue weighted by molar-refractivity contribution is 5.84. The predicted octanol–water partition coefficient (Wildman–Crippen LogP) is -0.154. The van der Waals surface area contributed by atoms with E-state index in [1.807, 2.05) is 32.8 Å². The predicted molar refractivity (Wildman–Crippen MR) is 66.5 cm³/mol. The molecule has 98 valence electrons. The summed E-state index contributed by atoms with van der Waals surface area (Å²) in [6.07, 6.45) is 0.202. The van der Waals surface area contributed by atoms with Crippen molar-refractivity contribution in [3.63, 3.8) is 0 Å². The summed E-state index contributed by atoms with van der Waals surface area (Å²) in [6, 6.07) is 0.208. The van der Waals surface area contributed by atoms with Gasteiger partial charge in [0, 0.05) is 19.0 Å². The lowest BCUT2D eigenvalue weighted by Crippen LogP contribution is -2.36. The second-order valence-corrected chi connectivity index (χ2v) is 4.83. The summed E-state index contributed by atoms with van der Waals surface area (Å²) >= 11 is 0. The van der Waals surface area contributed by atoms with E-state index in [0.29, 0.717) is 18.8 Å². The largest absolute Gasteiger partial charge is 0.383 e. The van der Waals surface area contributed by atoms with Crippen LogP contribution in [0.4, 0.5) is 0 Å². The molecule has 0 bridgehead atoms. The maximum absolute atomic E-state index is 11.9. The number of hydrogen-bond acceptors (Lipinski definition) is 4. The number of rotatable bonds is 5. The molecule has 1 saturated heterocycles. The maximum Gasteiger partial charge on any atom is 0.266 e. The first kappa shape index (κ1) is 13.8. The summed E-state index contributed by atoms with van der Waals surface area (Å²) in [6.45, 7) is 5.23. The van der Waals surface area contributed by atoms with E-state index in [1.165, 1.54) is 0 Å². The van der Waals surface area contributed by atoms with E-state index >= 15 is 0 Å². The molecule has 0 spiro atoms. The fourth-order valence-electron chi connectivity index (χ4n) is 1.77. The third-order valence-corrected chi connectivity index (χ3v) is 2.59. The van der Waals surface area contributed by atoms with E-state index < -0.39 is 6.10 Å². The normalized spacial score (nSPS) is 21.8. The average molecular weight is 242 g/mol. The number of likely N-dealkylation sites (N-methyl/N-ethyl adjacent to an activating group) is 1. The molecule has 0 radical (unpaired) electrons. The molecular formula is C11H22N4O2. The van der Waals surface area contributed by atoms with Gasteiger partial charge in [0.05, 0.1) is 6.54 Å². The fourth-order valence-corrected chi connectivity index (χ4v) is 1.77. The van der Waals surface area contributed by atoms with Crippen molar-refractivity contribution in [2.45, 2.75) is 32.4 Å². The minimum atomic E-state index is -0.474. The number of amidine groups is 1. The first-order chi connectivity index (χ1) is 7.91. The Hall–Kier alpha value is -1.30. The van der Waals surface area contributed by atoms with Crippen LogP contribution in [0.1, 0.15) is 20.3 Å². The first-order valence-corrected chi connectivity index (χ1v) is 5.85. The molecular weight excluding hydrogens is 220 g/mol. The van der Waals surface area contributed by atoms with Gasteiger partial charge in [-0.1, -0.05) is 5.16 Å². The smallest absolute Gasteiger partial charge is 0.266 e. The van der Waals surface area contributed by atoms with Crippen LogP contribution in [0.3, 0.4) is 0 Å². The summed E-state index contributed by atoms with van der Waals surface area (Å²) in [7, 11) is 3.78. The average Bonchev–Trinajstić information content (AvgIpc) is 2.55. The van der Waals surface area contributed by atoms with Crippen LogP contribution in [0.5, 0.6) is 0 Å². The lowest BCUT2D eigenvalue weighted by atomic mass is 10.3. The van der Waals surface area contributed by atoms with Crippen LogP contribution in [0, 0.1) is 0 Å². The molecule has 1 aliphatic heterocycles. The maximum atomic E-state index is 11.9. The highest BCUT2D eigenvalue weighted by atomic mass is 16.6. The molecule has 1 fully saturated rings. The van der Waals surface area contributed by atoms with Gasteiger partial charge in [0.25, 0.3) is 5.91 Å². The Kier molecular flexibility index (Phi) is 4.74. The van der Waals surface area contributed by atoms with Crippen molar-refractivity contribution < 1.29 is 9.63 Å². The van der Waals surface area contributed by atoms with Crippen LogP contribution in [-0.4, -0.2) is 60.9 Å². The Labute approximate surface area is 102 Å². The van der Waals surface area contributed by atoms with Gasteiger partial charge in [-0.25, -0.2) is 0 Å². The van der Waals surface area contributed by atoms with Crippen molar-refractivity contribution in [1.29, 1.82) is 0 Å². The standard InChI is InChI=1S/C11H22N4O2/c1-8(2)15-6-5-9(11(15)16)17-13-10(12)7-14(3)4/h8-9H,5-7H2,1-4H3,(H2,12,13)/t9-/m0/s1. The number of oxime groups is 1. The van der Waals surface area contributed by atoms with Gasteiger partial charge in [0.15, 0.2) is 5.84 Å². The SMILES string of the molecule is CC(C)N1CC[C@H](ON=C(N)CN(C)C)C1=O. The summed E-state index contributed by atoms with van der Waals surface area (Å²) in [5.74, 6) is 0.382. The zero-order valence-electron chi connectivity index (χ0n) is 11.0. The molecule has 0 unspecified atom stereocenters. The molecule has 1 amide bonds. The van der Waals surface area contributed by atoms with Crippen LogP contribution >= 0.6 is 0 Å². The van der Waals surface area contributed by atoms with Gasteiger partial charge in [0.1, 0.15) is 0 Å². The van der Waals surface area contributed by atoms with E-state index in [-0.39, 0.29) is 11.9 Å². The highest BCUT2D eigenvalue weighted by Crippen LogP contribution is 2.17. The van der Waals surface area contributed by atoms with Crippen LogP contribution in [0.15, 0.2) is 5.16 Å². The molecule has 1 atom stereocenters. The Morgan fingerprint density at radius 1 is 1.65 bits per heavy atom. The van der Waals surface area contributed by atoms with Crippen molar-refractivity contribution >= 4 is 11.7 Å². The Balaban J connectivity index is 2.46. The van der Waals surface area contributed by atoms with Crippen LogP contribution in [0.25, 0.3) is 0 Å². The van der Waals surface area contributed by atoms with E-state index in [2.05, 4.69) is 5.16 Å². The second-order valence-electron chi connectivity index (χ2n) is 4.83. The molecule has 0 aromatic carbocycles. The van der Waals surface area contributed by atoms with Gasteiger partial charge < -0.3 is 20.4 Å². The molecule has 2 N–H and O–H groups in total. The molecule has 6 nitrogen and oxygen atoms in total. The molecule has 17 heavy (non-hydrogen) atoms. The number of nitrogens with two attached hydrogens (primary N) is 1. The zero-order chi connectivity index (χ0) is 13.0. The number of likely N-dealkylation sites (tertiary alicyclic amines) is 1. The minimum Gasteiger partial charge on any atom is -0.383 e. The van der Waals surface area contributed by atoms with Gasteiger partial charge in [0.2, 0.25) is 6.10 Å². The summed E-state index contributed by atoms with van der Waals surface area (Å²) in [4.78, 5) is 20.7. The summed E-state index contributed by atoms with van der Waals surface area (Å²) < 4.78 is 0. The molecule has 1 aliphatic rings. The Morgan fingerprint density at radius 2 is 2.29 bits per heavy atom. The van der Waals surface area contributed by atoms with Crippen LogP contribution in [0.2, 0.25) is 0 Å². The third-order valence-electron chi connectivity index (χ3n) is 2.59. The van der Waals surface area contributed by atoms with Crippen LogP contribution < -0.4 is 5.73 Å². The number of amides is 1. The first-order valence-electron chi connectivity index (χ1n) is 5.85. The minimum absolute atomic E-state index is 0.00130.